The number of rotatable bonds is 7. The van der Waals surface area contributed by atoms with Crippen molar-refractivity contribution in [2.45, 2.75) is 26.8 Å². The largest absolute Gasteiger partial charge is 0.331 e. The molecule has 4 rings (SSSR count). The van der Waals surface area contributed by atoms with Gasteiger partial charge in [0.05, 0.1) is 17.1 Å². The Morgan fingerprint density at radius 3 is 2.56 bits per heavy atom. The minimum absolute atomic E-state index is 0.103. The van der Waals surface area contributed by atoms with E-state index >= 15 is 0 Å². The van der Waals surface area contributed by atoms with E-state index < -0.39 is 6.03 Å². The van der Waals surface area contributed by atoms with E-state index in [9.17, 15) is 9.59 Å². The molecule has 2 amide bonds. The van der Waals surface area contributed by atoms with E-state index in [4.69, 9.17) is 23.2 Å². The van der Waals surface area contributed by atoms with Crippen LogP contribution >= 0.6 is 34.5 Å². The SMILES string of the molecule is CCc1cc(C(=O)c2ccccc2Cl)c(-n2c(C)nnc2CNC(=O)Nc2cccc(Cl)c2)s1. The predicted molar refractivity (Wildman–Crippen MR) is 136 cm³/mol. The summed E-state index contributed by atoms with van der Waals surface area (Å²) in [6.07, 6.45) is 0.768. The maximum Gasteiger partial charge on any atom is 0.319 e. The lowest BCUT2D eigenvalue weighted by Gasteiger charge is -2.11. The molecule has 0 saturated carbocycles. The third-order valence-corrected chi connectivity index (χ3v) is 6.89. The second-order valence-electron chi connectivity index (χ2n) is 7.41. The first-order chi connectivity index (χ1) is 16.4. The Kier molecular flexibility index (Phi) is 7.31. The van der Waals surface area contributed by atoms with E-state index in [0.29, 0.717) is 43.5 Å². The molecule has 0 aliphatic heterocycles. The number of carbonyl (C=O) groups is 2. The number of nitrogens with one attached hydrogen (secondary N) is 2. The highest BCUT2D eigenvalue weighted by Gasteiger charge is 2.24. The molecule has 34 heavy (non-hydrogen) atoms. The van der Waals surface area contributed by atoms with Crippen molar-refractivity contribution in [1.82, 2.24) is 20.1 Å². The fourth-order valence-electron chi connectivity index (χ4n) is 3.41. The highest BCUT2D eigenvalue weighted by Crippen LogP contribution is 2.32. The predicted octanol–water partition coefficient (Wildman–Crippen LogP) is 6.06. The summed E-state index contributed by atoms with van der Waals surface area (Å²) >= 11 is 13.8. The van der Waals surface area contributed by atoms with Crippen molar-refractivity contribution in [2.24, 2.45) is 0 Å². The first-order valence-electron chi connectivity index (χ1n) is 10.5. The number of nitrogens with zero attached hydrogens (tertiary/aromatic N) is 3. The topological polar surface area (TPSA) is 88.9 Å². The van der Waals surface area contributed by atoms with Crippen molar-refractivity contribution < 1.29 is 9.59 Å². The zero-order valence-corrected chi connectivity index (χ0v) is 20.8. The maximum atomic E-state index is 13.4. The van der Waals surface area contributed by atoms with E-state index in [0.717, 1.165) is 11.3 Å². The molecule has 4 aromatic rings. The van der Waals surface area contributed by atoms with Gasteiger partial charge in [-0.2, -0.15) is 0 Å². The average Bonchev–Trinajstić information content (AvgIpc) is 3.40. The molecule has 0 bridgehead atoms. The van der Waals surface area contributed by atoms with Crippen LogP contribution in [0.15, 0.2) is 54.6 Å². The molecular formula is C24H21Cl2N5O2S. The first-order valence-corrected chi connectivity index (χ1v) is 12.1. The molecule has 0 spiro atoms. The van der Waals surface area contributed by atoms with Crippen molar-refractivity contribution in [3.05, 3.63) is 92.3 Å². The zero-order chi connectivity index (χ0) is 24.2. The van der Waals surface area contributed by atoms with Gasteiger partial charge in [0, 0.05) is 21.2 Å². The number of benzene rings is 2. The Labute approximate surface area is 210 Å². The van der Waals surface area contributed by atoms with Crippen LogP contribution in [0, 0.1) is 6.92 Å². The number of aryl methyl sites for hydroxylation is 2. The minimum Gasteiger partial charge on any atom is -0.331 e. The van der Waals surface area contributed by atoms with E-state index in [1.54, 1.807) is 60.0 Å². The highest BCUT2D eigenvalue weighted by atomic mass is 35.5. The second-order valence-corrected chi connectivity index (χ2v) is 9.37. The van der Waals surface area contributed by atoms with Crippen LogP contribution in [0.5, 0.6) is 0 Å². The van der Waals surface area contributed by atoms with Crippen LogP contribution in [0.25, 0.3) is 5.00 Å². The van der Waals surface area contributed by atoms with Gasteiger partial charge in [-0.3, -0.25) is 9.36 Å². The van der Waals surface area contributed by atoms with Gasteiger partial charge in [-0.05, 0) is 49.7 Å². The average molecular weight is 514 g/mol. The number of urea groups is 1. The molecule has 0 unspecified atom stereocenters. The molecule has 0 fully saturated rings. The summed E-state index contributed by atoms with van der Waals surface area (Å²) in [7, 11) is 0. The molecule has 174 valence electrons. The molecule has 0 saturated heterocycles. The molecule has 2 heterocycles. The molecular weight excluding hydrogens is 493 g/mol. The molecule has 2 aromatic heterocycles. The fraction of sp³-hybridized carbons (Fsp3) is 0.167. The van der Waals surface area contributed by atoms with Crippen LogP contribution in [-0.2, 0) is 13.0 Å². The fourth-order valence-corrected chi connectivity index (χ4v) is 4.98. The second kappa shape index (κ2) is 10.4. The Morgan fingerprint density at radius 2 is 1.82 bits per heavy atom. The molecule has 7 nitrogen and oxygen atoms in total. The Bertz CT molecular complexity index is 1370. The molecule has 0 atom stereocenters. The van der Waals surface area contributed by atoms with Crippen molar-refractivity contribution in [3.8, 4) is 5.00 Å². The Morgan fingerprint density at radius 1 is 1.03 bits per heavy atom. The van der Waals surface area contributed by atoms with Gasteiger partial charge in [0.15, 0.2) is 11.6 Å². The molecule has 0 aliphatic carbocycles. The number of hydrogen-bond donors (Lipinski definition) is 2. The standard InChI is InChI=1S/C24H21Cl2N5O2S/c1-3-17-12-19(22(32)18-9-4-5-10-20(18)26)23(34-17)31-14(2)29-30-21(31)13-27-24(33)28-16-8-6-7-15(25)11-16/h4-12H,3,13H2,1-2H3,(H2,27,28,33). The molecule has 10 heteroatoms. The number of carbonyl (C=O) groups excluding carboxylic acids is 2. The normalized spacial score (nSPS) is 10.8. The lowest BCUT2D eigenvalue weighted by molar-refractivity contribution is 0.103. The van der Waals surface area contributed by atoms with E-state index in [1.165, 1.54) is 11.3 Å². The first kappa shape index (κ1) is 23.9. The van der Waals surface area contributed by atoms with E-state index in [-0.39, 0.29) is 12.3 Å². The number of thiophene rings is 1. The lowest BCUT2D eigenvalue weighted by atomic mass is 10.0. The maximum absolute atomic E-state index is 13.4. The van der Waals surface area contributed by atoms with Gasteiger partial charge in [0.25, 0.3) is 0 Å². The van der Waals surface area contributed by atoms with Crippen molar-refractivity contribution in [1.29, 1.82) is 0 Å². The summed E-state index contributed by atoms with van der Waals surface area (Å²) in [5.74, 6) is 0.920. The van der Waals surface area contributed by atoms with Gasteiger partial charge < -0.3 is 10.6 Å². The number of amides is 2. The monoisotopic (exact) mass is 513 g/mol. The van der Waals surface area contributed by atoms with Crippen molar-refractivity contribution in [2.75, 3.05) is 5.32 Å². The van der Waals surface area contributed by atoms with Gasteiger partial charge in [-0.1, -0.05) is 48.3 Å². The summed E-state index contributed by atoms with van der Waals surface area (Å²) in [4.78, 5) is 26.9. The molecule has 0 radical (unpaired) electrons. The van der Waals surface area contributed by atoms with Gasteiger partial charge in [0.2, 0.25) is 0 Å². The van der Waals surface area contributed by atoms with Crippen LogP contribution in [-0.4, -0.2) is 26.6 Å². The number of anilines is 1. The van der Waals surface area contributed by atoms with Crippen LogP contribution in [0.4, 0.5) is 10.5 Å². The van der Waals surface area contributed by atoms with E-state index in [1.807, 2.05) is 13.0 Å². The minimum atomic E-state index is -0.415. The number of aromatic nitrogens is 3. The number of ketones is 1. The smallest absolute Gasteiger partial charge is 0.319 e. The summed E-state index contributed by atoms with van der Waals surface area (Å²) < 4.78 is 1.80. The van der Waals surface area contributed by atoms with Crippen LogP contribution in [0.2, 0.25) is 10.0 Å². The molecule has 0 aliphatic rings. The van der Waals surface area contributed by atoms with Gasteiger partial charge in [-0.15, -0.1) is 21.5 Å². The Balaban J connectivity index is 1.62. The summed E-state index contributed by atoms with van der Waals surface area (Å²) in [6, 6.07) is 15.3. The van der Waals surface area contributed by atoms with Gasteiger partial charge in [0.1, 0.15) is 10.8 Å². The van der Waals surface area contributed by atoms with E-state index in [2.05, 4.69) is 20.8 Å². The van der Waals surface area contributed by atoms with Crippen LogP contribution < -0.4 is 10.6 Å². The molecule has 2 N–H and O–H groups in total. The van der Waals surface area contributed by atoms with Gasteiger partial charge in [-0.25, -0.2) is 4.79 Å². The third kappa shape index (κ3) is 5.14. The summed E-state index contributed by atoms with van der Waals surface area (Å²) in [5.41, 5.74) is 1.51. The third-order valence-electron chi connectivity index (χ3n) is 5.06. The number of halogens is 2. The van der Waals surface area contributed by atoms with Crippen molar-refractivity contribution in [3.63, 3.8) is 0 Å². The molecule has 2 aromatic carbocycles. The lowest BCUT2D eigenvalue weighted by Crippen LogP contribution is -2.29. The highest BCUT2D eigenvalue weighted by molar-refractivity contribution is 7.15. The number of hydrogen-bond acceptors (Lipinski definition) is 5. The summed E-state index contributed by atoms with van der Waals surface area (Å²) in [5, 5.41) is 15.5. The van der Waals surface area contributed by atoms with Crippen LogP contribution in [0.3, 0.4) is 0 Å². The Hall–Kier alpha value is -3.20. The van der Waals surface area contributed by atoms with Crippen LogP contribution in [0.1, 0.15) is 39.4 Å². The summed E-state index contributed by atoms with van der Waals surface area (Å²) in [6.45, 7) is 3.94. The quantitative estimate of drug-likeness (QED) is 0.294. The van der Waals surface area contributed by atoms with Crippen molar-refractivity contribution >= 4 is 52.0 Å². The zero-order valence-electron chi connectivity index (χ0n) is 18.4. The van der Waals surface area contributed by atoms with Gasteiger partial charge >= 0.3 is 6.03 Å².